The number of hydrogen-bond acceptors (Lipinski definition) is 2. The van der Waals surface area contributed by atoms with E-state index in [2.05, 4.69) is 140 Å². The van der Waals surface area contributed by atoms with E-state index in [-0.39, 0.29) is 0 Å². The van der Waals surface area contributed by atoms with Gasteiger partial charge >= 0.3 is 0 Å². The van der Waals surface area contributed by atoms with E-state index in [1.807, 2.05) is 35.6 Å². The molecule has 0 aliphatic heterocycles. The number of furan rings is 1. The van der Waals surface area contributed by atoms with Crippen LogP contribution in [0, 0.1) is 0 Å². The van der Waals surface area contributed by atoms with Crippen LogP contribution in [0.5, 0.6) is 0 Å². The molecule has 0 spiro atoms. The van der Waals surface area contributed by atoms with Crippen LogP contribution in [0.4, 0.5) is 0 Å². The summed E-state index contributed by atoms with van der Waals surface area (Å²) in [6.07, 6.45) is 8.18. The highest BCUT2D eigenvalue weighted by Gasteiger charge is 2.16. The number of fused-ring (bicyclic) bond motifs is 6. The third-order valence-electron chi connectivity index (χ3n) is 8.30. The molecule has 1 nitrogen and oxygen atoms in total. The Morgan fingerprint density at radius 2 is 1.36 bits per heavy atom. The molecule has 0 radical (unpaired) electrons. The Morgan fingerprint density at radius 3 is 2.20 bits per heavy atom. The van der Waals surface area contributed by atoms with Gasteiger partial charge in [0, 0.05) is 42.1 Å². The van der Waals surface area contributed by atoms with Crippen molar-refractivity contribution in [2.75, 3.05) is 0 Å². The summed E-state index contributed by atoms with van der Waals surface area (Å²) in [6.45, 7) is 3.98. The molecule has 0 aliphatic carbocycles. The lowest BCUT2D eigenvalue weighted by atomic mass is 9.92. The Labute approximate surface area is 260 Å². The summed E-state index contributed by atoms with van der Waals surface area (Å²) in [4.78, 5) is 0. The topological polar surface area (TPSA) is 13.1 Å². The Bertz CT molecular complexity index is 2380. The fourth-order valence-corrected chi connectivity index (χ4v) is 7.49. The predicted octanol–water partition coefficient (Wildman–Crippen LogP) is 12.6. The van der Waals surface area contributed by atoms with Crippen LogP contribution >= 0.6 is 11.3 Å². The van der Waals surface area contributed by atoms with Crippen molar-refractivity contribution in [3.05, 3.63) is 169 Å². The molecule has 208 valence electrons. The molecular formula is C42H28OS. The molecule has 0 saturated carbocycles. The zero-order valence-corrected chi connectivity index (χ0v) is 24.9. The molecule has 6 aromatic carbocycles. The second-order valence-corrected chi connectivity index (χ2v) is 12.0. The molecule has 0 N–H and O–H groups in total. The van der Waals surface area contributed by atoms with Crippen LogP contribution in [0.1, 0.15) is 11.1 Å². The van der Waals surface area contributed by atoms with Crippen molar-refractivity contribution in [3.63, 3.8) is 0 Å². The van der Waals surface area contributed by atoms with Crippen molar-refractivity contribution < 1.29 is 4.42 Å². The van der Waals surface area contributed by atoms with E-state index in [1.54, 1.807) is 0 Å². The molecular weight excluding hydrogens is 553 g/mol. The normalized spacial score (nSPS) is 12.2. The van der Waals surface area contributed by atoms with E-state index in [9.17, 15) is 0 Å². The number of hydrogen-bond donors (Lipinski definition) is 0. The highest BCUT2D eigenvalue weighted by molar-refractivity contribution is 7.26. The highest BCUT2D eigenvalue weighted by Crippen LogP contribution is 2.45. The van der Waals surface area contributed by atoms with Gasteiger partial charge in [-0.25, -0.2) is 0 Å². The Hall–Kier alpha value is -5.44. The summed E-state index contributed by atoms with van der Waals surface area (Å²) in [5.41, 5.74) is 10.0. The molecule has 44 heavy (non-hydrogen) atoms. The number of thiophene rings is 1. The molecule has 0 atom stereocenters. The first-order valence-electron chi connectivity index (χ1n) is 14.8. The Kier molecular flexibility index (Phi) is 6.55. The van der Waals surface area contributed by atoms with Crippen molar-refractivity contribution >= 4 is 65.1 Å². The number of allylic oxidation sites excluding steroid dienone is 4. The molecule has 8 aromatic rings. The quantitative estimate of drug-likeness (QED) is 0.178. The van der Waals surface area contributed by atoms with Gasteiger partial charge in [0.05, 0.1) is 0 Å². The molecule has 2 heterocycles. The van der Waals surface area contributed by atoms with Gasteiger partial charge in [-0.05, 0) is 40.0 Å². The van der Waals surface area contributed by atoms with E-state index in [0.29, 0.717) is 0 Å². The minimum atomic E-state index is 0.895. The van der Waals surface area contributed by atoms with Crippen molar-refractivity contribution in [3.8, 4) is 22.3 Å². The van der Waals surface area contributed by atoms with E-state index in [4.69, 9.17) is 4.42 Å². The van der Waals surface area contributed by atoms with Gasteiger partial charge in [0.25, 0.3) is 0 Å². The summed E-state index contributed by atoms with van der Waals surface area (Å²) in [6, 6.07) is 47.4. The van der Waals surface area contributed by atoms with Gasteiger partial charge < -0.3 is 4.42 Å². The fraction of sp³-hybridized carbons (Fsp3) is 0. The molecule has 2 aromatic heterocycles. The number of para-hydroxylation sites is 2. The van der Waals surface area contributed by atoms with Crippen molar-refractivity contribution in [1.29, 1.82) is 0 Å². The number of rotatable bonds is 6. The molecule has 0 fully saturated rings. The minimum Gasteiger partial charge on any atom is -0.455 e. The molecule has 0 aliphatic rings. The average Bonchev–Trinajstić information content (AvgIpc) is 3.65. The fourth-order valence-electron chi connectivity index (χ4n) is 6.22. The van der Waals surface area contributed by atoms with Crippen LogP contribution in [-0.2, 0) is 0 Å². The first kappa shape index (κ1) is 26.2. The van der Waals surface area contributed by atoms with Crippen LogP contribution in [-0.4, -0.2) is 0 Å². The van der Waals surface area contributed by atoms with Crippen LogP contribution in [0.25, 0.3) is 76.0 Å². The predicted molar refractivity (Wildman–Crippen MR) is 191 cm³/mol. The number of benzene rings is 6. The van der Waals surface area contributed by atoms with Crippen LogP contribution in [0.3, 0.4) is 0 Å². The molecule has 0 amide bonds. The first-order valence-corrected chi connectivity index (χ1v) is 15.6. The van der Waals surface area contributed by atoms with Crippen LogP contribution in [0.15, 0.2) is 163 Å². The highest BCUT2D eigenvalue weighted by atomic mass is 32.1. The monoisotopic (exact) mass is 580 g/mol. The second kappa shape index (κ2) is 11.0. The summed E-state index contributed by atoms with van der Waals surface area (Å²) in [5.74, 6) is 0. The molecule has 0 unspecified atom stereocenters. The molecule has 2 heteroatoms. The summed E-state index contributed by atoms with van der Waals surface area (Å²) < 4.78 is 8.97. The van der Waals surface area contributed by atoms with E-state index >= 15 is 0 Å². The van der Waals surface area contributed by atoms with Gasteiger partial charge in [-0.15, -0.1) is 11.3 Å². The molecule has 8 rings (SSSR count). The lowest BCUT2D eigenvalue weighted by molar-refractivity contribution is 0.668. The van der Waals surface area contributed by atoms with Gasteiger partial charge in [0.1, 0.15) is 11.2 Å². The maximum absolute atomic E-state index is 6.32. The SMILES string of the molecule is C=C/C=C(\C=C/c1ccc(-c2ccc3c(sc4ccccc43)c2-c2ccccc2)cc1)c1cccc2c1oc1ccccc12. The summed E-state index contributed by atoms with van der Waals surface area (Å²) >= 11 is 1.88. The van der Waals surface area contributed by atoms with Gasteiger partial charge in [-0.3, -0.25) is 0 Å². The lowest BCUT2D eigenvalue weighted by Crippen LogP contribution is -1.86. The van der Waals surface area contributed by atoms with Crippen molar-refractivity contribution in [1.82, 2.24) is 0 Å². The van der Waals surface area contributed by atoms with E-state index in [1.165, 1.54) is 42.4 Å². The maximum atomic E-state index is 6.32. The largest absolute Gasteiger partial charge is 0.455 e. The Morgan fingerprint density at radius 1 is 0.614 bits per heavy atom. The first-order chi connectivity index (χ1) is 21.8. The minimum absolute atomic E-state index is 0.895. The smallest absolute Gasteiger partial charge is 0.143 e. The summed E-state index contributed by atoms with van der Waals surface area (Å²) in [7, 11) is 0. The maximum Gasteiger partial charge on any atom is 0.143 e. The van der Waals surface area contributed by atoms with Gasteiger partial charge in [0.15, 0.2) is 0 Å². The second-order valence-electron chi connectivity index (χ2n) is 10.9. The molecule has 0 saturated heterocycles. The Balaban J connectivity index is 1.18. The standard InChI is InChI=1S/C42H28OS/c1-2-11-29(33-16-10-17-36-34-14-6-8-18-38(34)43-41(33)36)23-20-28-21-24-30(25-22-28)32-26-27-37-35-15-7-9-19-39(35)44-42(37)40(32)31-12-4-3-5-13-31/h2-27H,1H2/b23-20-,29-11+. The summed E-state index contributed by atoms with van der Waals surface area (Å²) in [5, 5.41) is 4.88. The van der Waals surface area contributed by atoms with Crippen molar-refractivity contribution in [2.24, 2.45) is 0 Å². The van der Waals surface area contributed by atoms with E-state index in [0.717, 1.165) is 38.6 Å². The van der Waals surface area contributed by atoms with Crippen molar-refractivity contribution in [2.45, 2.75) is 0 Å². The zero-order chi connectivity index (χ0) is 29.5. The van der Waals surface area contributed by atoms with Gasteiger partial charge in [-0.1, -0.05) is 152 Å². The van der Waals surface area contributed by atoms with Gasteiger partial charge in [-0.2, -0.15) is 0 Å². The third-order valence-corrected chi connectivity index (χ3v) is 9.50. The van der Waals surface area contributed by atoms with Gasteiger partial charge in [0.2, 0.25) is 0 Å². The lowest BCUT2D eigenvalue weighted by Gasteiger charge is -2.12. The third kappa shape index (κ3) is 4.48. The van der Waals surface area contributed by atoms with Crippen LogP contribution in [0.2, 0.25) is 0 Å². The zero-order valence-electron chi connectivity index (χ0n) is 24.0. The molecule has 0 bridgehead atoms. The van der Waals surface area contributed by atoms with Crippen LogP contribution < -0.4 is 0 Å². The average molecular weight is 581 g/mol. The van der Waals surface area contributed by atoms with E-state index < -0.39 is 0 Å².